The van der Waals surface area contributed by atoms with E-state index in [1.807, 2.05) is 4.90 Å². The summed E-state index contributed by atoms with van der Waals surface area (Å²) in [6.45, 7) is 6.52. The predicted molar refractivity (Wildman–Crippen MR) is 89.8 cm³/mol. The minimum Gasteiger partial charge on any atom is -0.335 e. The smallest absolute Gasteiger partial charge is 0.335 e. The Balaban J connectivity index is 1.76. The van der Waals surface area contributed by atoms with Crippen molar-refractivity contribution in [2.75, 3.05) is 13.1 Å². The van der Waals surface area contributed by atoms with E-state index in [0.717, 1.165) is 32.0 Å². The molecule has 2 atom stereocenters. The Hall–Kier alpha value is -1.56. The SMILES string of the molecule is CC(C)N1CC[C@H]2[C@H](CCC(=O)N2Cc2cccc(C(F)(F)F)c2)C1. The maximum atomic E-state index is 12.9. The number of amides is 1. The topological polar surface area (TPSA) is 23.6 Å². The lowest BCUT2D eigenvalue weighted by Gasteiger charge is -2.48. The van der Waals surface area contributed by atoms with Gasteiger partial charge in [0.1, 0.15) is 0 Å². The van der Waals surface area contributed by atoms with Crippen LogP contribution < -0.4 is 0 Å². The van der Waals surface area contributed by atoms with Gasteiger partial charge in [0.15, 0.2) is 0 Å². The van der Waals surface area contributed by atoms with Crippen LogP contribution in [0.5, 0.6) is 0 Å². The van der Waals surface area contributed by atoms with Gasteiger partial charge in [-0.25, -0.2) is 0 Å². The quantitative estimate of drug-likeness (QED) is 0.821. The van der Waals surface area contributed by atoms with Crippen LogP contribution in [0.25, 0.3) is 0 Å². The number of carbonyl (C=O) groups is 1. The number of likely N-dealkylation sites (tertiary alicyclic amines) is 2. The van der Waals surface area contributed by atoms with E-state index in [1.54, 1.807) is 6.07 Å². The van der Waals surface area contributed by atoms with Crippen LogP contribution in [-0.2, 0) is 17.5 Å². The van der Waals surface area contributed by atoms with E-state index in [-0.39, 0.29) is 18.5 Å². The number of fused-ring (bicyclic) bond motifs is 1. The molecule has 2 aliphatic rings. The number of halogens is 3. The van der Waals surface area contributed by atoms with Crippen LogP contribution in [0.1, 0.15) is 44.2 Å². The van der Waals surface area contributed by atoms with Crippen molar-refractivity contribution in [3.8, 4) is 0 Å². The molecule has 6 heteroatoms. The van der Waals surface area contributed by atoms with Crippen molar-refractivity contribution in [1.29, 1.82) is 0 Å². The lowest BCUT2D eigenvalue weighted by atomic mass is 9.83. The van der Waals surface area contributed by atoms with Crippen molar-refractivity contribution in [1.82, 2.24) is 9.80 Å². The highest BCUT2D eigenvalue weighted by molar-refractivity contribution is 5.77. The van der Waals surface area contributed by atoms with E-state index in [0.29, 0.717) is 23.9 Å². The van der Waals surface area contributed by atoms with Crippen molar-refractivity contribution in [2.24, 2.45) is 5.92 Å². The van der Waals surface area contributed by atoms with Crippen molar-refractivity contribution in [3.05, 3.63) is 35.4 Å². The van der Waals surface area contributed by atoms with Crippen LogP contribution in [0.15, 0.2) is 24.3 Å². The van der Waals surface area contributed by atoms with Gasteiger partial charge in [0.25, 0.3) is 0 Å². The Kier molecular flexibility index (Phi) is 5.09. The third-order valence-corrected chi connectivity index (χ3v) is 5.51. The van der Waals surface area contributed by atoms with Crippen LogP contribution in [0.2, 0.25) is 0 Å². The van der Waals surface area contributed by atoms with Gasteiger partial charge in [0, 0.05) is 38.1 Å². The Labute approximate surface area is 146 Å². The average molecular weight is 354 g/mol. The highest BCUT2D eigenvalue weighted by atomic mass is 19.4. The maximum absolute atomic E-state index is 12.9. The van der Waals surface area contributed by atoms with E-state index in [2.05, 4.69) is 18.7 Å². The number of benzene rings is 1. The second-order valence-electron chi connectivity index (χ2n) is 7.46. The molecule has 0 bridgehead atoms. The molecule has 0 unspecified atom stereocenters. The summed E-state index contributed by atoms with van der Waals surface area (Å²) >= 11 is 0. The van der Waals surface area contributed by atoms with Crippen LogP contribution in [-0.4, -0.2) is 40.9 Å². The van der Waals surface area contributed by atoms with E-state index >= 15 is 0 Å². The van der Waals surface area contributed by atoms with Crippen molar-refractivity contribution in [3.63, 3.8) is 0 Å². The Morgan fingerprint density at radius 1 is 1.24 bits per heavy atom. The molecule has 0 spiro atoms. The van der Waals surface area contributed by atoms with Gasteiger partial charge in [-0.1, -0.05) is 12.1 Å². The molecule has 0 N–H and O–H groups in total. The summed E-state index contributed by atoms with van der Waals surface area (Å²) in [5.41, 5.74) is -0.101. The molecule has 2 heterocycles. The fourth-order valence-corrected chi connectivity index (χ4v) is 4.10. The number of nitrogens with zero attached hydrogens (tertiary/aromatic N) is 2. The largest absolute Gasteiger partial charge is 0.416 e. The first kappa shape index (κ1) is 18.2. The third-order valence-electron chi connectivity index (χ3n) is 5.51. The molecule has 0 saturated carbocycles. The first-order valence-electron chi connectivity index (χ1n) is 8.95. The van der Waals surface area contributed by atoms with Gasteiger partial charge in [-0.2, -0.15) is 13.2 Å². The summed E-state index contributed by atoms with van der Waals surface area (Å²) in [6.07, 6.45) is -2.08. The molecule has 1 aromatic rings. The van der Waals surface area contributed by atoms with Crippen LogP contribution in [0.3, 0.4) is 0 Å². The van der Waals surface area contributed by atoms with Gasteiger partial charge >= 0.3 is 6.18 Å². The second kappa shape index (κ2) is 6.98. The molecule has 2 saturated heterocycles. The molecule has 25 heavy (non-hydrogen) atoms. The monoisotopic (exact) mass is 354 g/mol. The number of hydrogen-bond acceptors (Lipinski definition) is 2. The van der Waals surface area contributed by atoms with Gasteiger partial charge in [-0.3, -0.25) is 4.79 Å². The van der Waals surface area contributed by atoms with E-state index in [9.17, 15) is 18.0 Å². The summed E-state index contributed by atoms with van der Waals surface area (Å²) in [5, 5.41) is 0. The van der Waals surface area contributed by atoms with Crippen LogP contribution >= 0.6 is 0 Å². The maximum Gasteiger partial charge on any atom is 0.416 e. The van der Waals surface area contributed by atoms with Gasteiger partial charge in [0.05, 0.1) is 5.56 Å². The fourth-order valence-electron chi connectivity index (χ4n) is 4.10. The zero-order chi connectivity index (χ0) is 18.2. The lowest BCUT2D eigenvalue weighted by Crippen LogP contribution is -2.56. The predicted octanol–water partition coefficient (Wildman–Crippen LogP) is 3.93. The summed E-state index contributed by atoms with van der Waals surface area (Å²) in [7, 11) is 0. The molecule has 3 nitrogen and oxygen atoms in total. The summed E-state index contributed by atoms with van der Waals surface area (Å²) < 4.78 is 38.8. The molecule has 2 fully saturated rings. The number of alkyl halides is 3. The minimum absolute atomic E-state index is 0.0664. The molecular formula is C19H25F3N2O. The molecule has 1 amide bonds. The molecule has 0 aromatic heterocycles. The summed E-state index contributed by atoms with van der Waals surface area (Å²) in [4.78, 5) is 16.7. The fraction of sp³-hybridized carbons (Fsp3) is 0.632. The highest BCUT2D eigenvalue weighted by Crippen LogP contribution is 2.34. The standard InChI is InChI=1S/C19H25F3N2O/c1-13(2)23-9-8-17-15(12-23)6-7-18(25)24(17)11-14-4-3-5-16(10-14)19(20,21)22/h3-5,10,13,15,17H,6-9,11-12H2,1-2H3/t15-,17+/m1/s1. The van der Waals surface area contributed by atoms with Crippen molar-refractivity contribution >= 4 is 5.91 Å². The Morgan fingerprint density at radius 2 is 2.00 bits per heavy atom. The van der Waals surface area contributed by atoms with E-state index < -0.39 is 11.7 Å². The van der Waals surface area contributed by atoms with Gasteiger partial charge in [-0.15, -0.1) is 0 Å². The van der Waals surface area contributed by atoms with Crippen LogP contribution in [0, 0.1) is 5.92 Å². The number of piperidine rings is 2. The number of carbonyl (C=O) groups excluding carboxylic acids is 1. The molecule has 3 rings (SSSR count). The average Bonchev–Trinajstić information content (AvgIpc) is 2.56. The zero-order valence-electron chi connectivity index (χ0n) is 14.7. The highest BCUT2D eigenvalue weighted by Gasteiger charge is 2.39. The Bertz CT molecular complexity index is 629. The van der Waals surface area contributed by atoms with Crippen LogP contribution in [0.4, 0.5) is 13.2 Å². The minimum atomic E-state index is -4.35. The van der Waals surface area contributed by atoms with Crippen molar-refractivity contribution < 1.29 is 18.0 Å². The number of rotatable bonds is 3. The molecule has 138 valence electrons. The third kappa shape index (κ3) is 4.00. The van der Waals surface area contributed by atoms with Gasteiger partial charge in [-0.05, 0) is 50.3 Å². The normalized spacial score (nSPS) is 25.4. The molecular weight excluding hydrogens is 329 g/mol. The lowest BCUT2D eigenvalue weighted by molar-refractivity contribution is -0.142. The molecule has 0 aliphatic carbocycles. The van der Waals surface area contributed by atoms with Crippen molar-refractivity contribution in [2.45, 2.75) is 57.9 Å². The second-order valence-corrected chi connectivity index (χ2v) is 7.46. The summed E-state index contributed by atoms with van der Waals surface area (Å²) in [6, 6.07) is 5.97. The zero-order valence-corrected chi connectivity index (χ0v) is 14.7. The van der Waals surface area contributed by atoms with Gasteiger partial charge < -0.3 is 9.80 Å². The Morgan fingerprint density at radius 3 is 2.68 bits per heavy atom. The molecule has 0 radical (unpaired) electrons. The van der Waals surface area contributed by atoms with Gasteiger partial charge in [0.2, 0.25) is 5.91 Å². The molecule has 1 aromatic carbocycles. The van der Waals surface area contributed by atoms with E-state index in [1.165, 1.54) is 12.1 Å². The summed E-state index contributed by atoms with van der Waals surface area (Å²) in [5.74, 6) is 0.483. The van der Waals surface area contributed by atoms with E-state index in [4.69, 9.17) is 0 Å². The number of hydrogen-bond donors (Lipinski definition) is 0. The first-order chi connectivity index (χ1) is 11.8. The molecule has 2 aliphatic heterocycles. The first-order valence-corrected chi connectivity index (χ1v) is 8.95.